The van der Waals surface area contributed by atoms with Crippen molar-refractivity contribution in [2.75, 3.05) is 26.1 Å². The molecule has 0 radical (unpaired) electrons. The van der Waals surface area contributed by atoms with E-state index in [0.29, 0.717) is 29.3 Å². The van der Waals surface area contributed by atoms with Gasteiger partial charge in [0, 0.05) is 23.9 Å². The van der Waals surface area contributed by atoms with Crippen LogP contribution < -0.4 is 14.8 Å². The number of halogens is 4. The number of methoxy groups -OCH3 is 2. The van der Waals surface area contributed by atoms with E-state index in [2.05, 4.69) is 10.3 Å². The summed E-state index contributed by atoms with van der Waals surface area (Å²) in [6.45, 7) is -0.693. The number of carbonyl (C=O) groups excluding carboxylic acids is 2. The molecule has 0 spiro atoms. The van der Waals surface area contributed by atoms with E-state index in [4.69, 9.17) is 25.8 Å². The normalized spacial score (nSPS) is 11.3. The maximum Gasteiger partial charge on any atom is 0.417 e. The Balaban J connectivity index is 1.92. The van der Waals surface area contributed by atoms with Crippen LogP contribution in [-0.2, 0) is 20.5 Å². The molecule has 0 atom stereocenters. The largest absolute Gasteiger partial charge is 0.497 e. The molecule has 0 saturated carbocycles. The minimum absolute atomic E-state index is 0.288. The number of hydrogen-bond donors (Lipinski definition) is 1. The summed E-state index contributed by atoms with van der Waals surface area (Å²) in [5.74, 6) is -0.912. The summed E-state index contributed by atoms with van der Waals surface area (Å²) in [6.07, 6.45) is -1.58. The summed E-state index contributed by atoms with van der Waals surface area (Å²) in [5, 5.41) is 1.76. The van der Waals surface area contributed by atoms with Gasteiger partial charge in [0.25, 0.3) is 5.91 Å². The molecule has 1 aromatic heterocycles. The average Bonchev–Trinajstić information content (AvgIpc) is 2.71. The van der Waals surface area contributed by atoms with Gasteiger partial charge in [0.2, 0.25) is 0 Å². The lowest BCUT2D eigenvalue weighted by Gasteiger charge is -2.10. The van der Waals surface area contributed by atoms with Gasteiger partial charge in [-0.3, -0.25) is 4.79 Å². The van der Waals surface area contributed by atoms with Gasteiger partial charge in [-0.25, -0.2) is 9.78 Å². The Labute approximate surface area is 174 Å². The predicted octanol–water partition coefficient (Wildman–Crippen LogP) is 3.97. The quantitative estimate of drug-likeness (QED) is 0.513. The summed E-state index contributed by atoms with van der Waals surface area (Å²) in [7, 11) is 2.95. The third-order valence-corrected chi connectivity index (χ3v) is 3.90. The molecule has 1 aromatic carbocycles. The molecule has 0 fully saturated rings. The van der Waals surface area contributed by atoms with Gasteiger partial charge in [-0.1, -0.05) is 11.6 Å². The fourth-order valence-corrected chi connectivity index (χ4v) is 2.37. The van der Waals surface area contributed by atoms with Gasteiger partial charge in [0.05, 0.1) is 24.8 Å². The molecule has 0 aliphatic carbocycles. The lowest BCUT2D eigenvalue weighted by Crippen LogP contribution is -2.21. The van der Waals surface area contributed by atoms with Gasteiger partial charge >= 0.3 is 12.1 Å². The van der Waals surface area contributed by atoms with Crippen molar-refractivity contribution in [3.05, 3.63) is 52.7 Å². The van der Waals surface area contributed by atoms with Crippen LogP contribution in [-0.4, -0.2) is 37.7 Å². The summed E-state index contributed by atoms with van der Waals surface area (Å²) < 4.78 is 52.8. The minimum Gasteiger partial charge on any atom is -0.497 e. The van der Waals surface area contributed by atoms with Crippen LogP contribution in [0.25, 0.3) is 6.08 Å². The van der Waals surface area contributed by atoms with Crippen molar-refractivity contribution in [3.63, 3.8) is 0 Å². The van der Waals surface area contributed by atoms with Crippen molar-refractivity contribution in [1.82, 2.24) is 4.98 Å². The Morgan fingerprint density at radius 2 is 1.93 bits per heavy atom. The van der Waals surface area contributed by atoms with Crippen LogP contribution in [0.5, 0.6) is 11.5 Å². The second kappa shape index (κ2) is 9.97. The number of carbonyl (C=O) groups is 2. The summed E-state index contributed by atoms with van der Waals surface area (Å²) >= 11 is 5.69. The van der Waals surface area contributed by atoms with E-state index in [-0.39, 0.29) is 5.82 Å². The Hall–Kier alpha value is -3.27. The minimum atomic E-state index is -4.62. The van der Waals surface area contributed by atoms with Crippen LogP contribution in [0, 0.1) is 0 Å². The third-order valence-electron chi connectivity index (χ3n) is 3.61. The first kappa shape index (κ1) is 23.0. The molecule has 1 amide bonds. The molecule has 0 aliphatic rings. The molecule has 0 bridgehead atoms. The molecule has 0 saturated heterocycles. The highest BCUT2D eigenvalue weighted by atomic mass is 35.5. The van der Waals surface area contributed by atoms with Crippen molar-refractivity contribution in [2.24, 2.45) is 0 Å². The number of aromatic nitrogens is 1. The molecule has 1 N–H and O–H groups in total. The number of esters is 1. The monoisotopic (exact) mass is 444 g/mol. The Kier molecular flexibility index (Phi) is 7.65. The van der Waals surface area contributed by atoms with Gasteiger partial charge in [-0.15, -0.1) is 0 Å². The highest BCUT2D eigenvalue weighted by Gasteiger charge is 2.31. The molecule has 2 rings (SSSR count). The Morgan fingerprint density at radius 1 is 1.20 bits per heavy atom. The van der Waals surface area contributed by atoms with E-state index >= 15 is 0 Å². The van der Waals surface area contributed by atoms with Crippen LogP contribution in [0.2, 0.25) is 5.02 Å². The predicted molar refractivity (Wildman–Crippen MR) is 102 cm³/mol. The van der Waals surface area contributed by atoms with Crippen molar-refractivity contribution in [1.29, 1.82) is 0 Å². The van der Waals surface area contributed by atoms with E-state index in [1.54, 1.807) is 18.2 Å². The van der Waals surface area contributed by atoms with Gasteiger partial charge in [0.1, 0.15) is 11.5 Å². The molecule has 160 valence electrons. The first-order chi connectivity index (χ1) is 14.1. The standard InChI is InChI=1S/C19H16ClF3N2O5/c1-28-13-5-3-11(15(8-13)29-2)4-6-17(27)30-10-16(26)25-18-14(20)7-12(9-24-18)19(21,22)23/h3-9H,10H2,1-2H3,(H,24,25,26). The number of ether oxygens (including phenoxy) is 3. The average molecular weight is 445 g/mol. The zero-order valence-electron chi connectivity index (χ0n) is 15.7. The van der Waals surface area contributed by atoms with E-state index < -0.39 is 35.2 Å². The third kappa shape index (κ3) is 6.38. The van der Waals surface area contributed by atoms with Crippen LogP contribution in [0.4, 0.5) is 19.0 Å². The van der Waals surface area contributed by atoms with Crippen LogP contribution in [0.3, 0.4) is 0 Å². The molecule has 1 heterocycles. The maximum absolute atomic E-state index is 12.6. The fourth-order valence-electron chi connectivity index (χ4n) is 2.15. The molecular weight excluding hydrogens is 429 g/mol. The molecule has 7 nitrogen and oxygen atoms in total. The second-order valence-corrected chi connectivity index (χ2v) is 6.06. The van der Waals surface area contributed by atoms with Crippen molar-refractivity contribution in [2.45, 2.75) is 6.18 Å². The van der Waals surface area contributed by atoms with Crippen molar-refractivity contribution < 1.29 is 37.0 Å². The number of rotatable bonds is 7. The lowest BCUT2D eigenvalue weighted by atomic mass is 10.2. The lowest BCUT2D eigenvalue weighted by molar-refractivity contribution is -0.142. The van der Waals surface area contributed by atoms with Gasteiger partial charge < -0.3 is 19.5 Å². The van der Waals surface area contributed by atoms with E-state index in [1.807, 2.05) is 0 Å². The number of amides is 1. The van der Waals surface area contributed by atoms with Gasteiger partial charge in [-0.05, 0) is 24.3 Å². The molecule has 0 unspecified atom stereocenters. The molecule has 2 aromatic rings. The summed E-state index contributed by atoms with van der Waals surface area (Å²) in [5.41, 5.74) is -0.489. The number of anilines is 1. The number of nitrogens with one attached hydrogen (secondary N) is 1. The van der Waals surface area contributed by atoms with Crippen LogP contribution >= 0.6 is 11.6 Å². The zero-order chi connectivity index (χ0) is 22.3. The van der Waals surface area contributed by atoms with E-state index in [0.717, 1.165) is 6.08 Å². The highest BCUT2D eigenvalue weighted by Crippen LogP contribution is 2.32. The number of pyridine rings is 1. The Bertz CT molecular complexity index is 964. The Morgan fingerprint density at radius 3 is 2.53 bits per heavy atom. The number of alkyl halides is 3. The van der Waals surface area contributed by atoms with Crippen molar-refractivity contribution >= 4 is 35.4 Å². The fraction of sp³-hybridized carbons (Fsp3) is 0.211. The van der Waals surface area contributed by atoms with Gasteiger partial charge in [-0.2, -0.15) is 13.2 Å². The number of hydrogen-bond acceptors (Lipinski definition) is 6. The van der Waals surface area contributed by atoms with E-state index in [9.17, 15) is 22.8 Å². The highest BCUT2D eigenvalue weighted by molar-refractivity contribution is 6.33. The smallest absolute Gasteiger partial charge is 0.417 e. The first-order valence-corrected chi connectivity index (χ1v) is 8.61. The summed E-state index contributed by atoms with van der Waals surface area (Å²) in [6, 6.07) is 5.58. The maximum atomic E-state index is 12.6. The topological polar surface area (TPSA) is 86.8 Å². The molecular formula is C19H16ClF3N2O5. The molecule has 0 aliphatic heterocycles. The van der Waals surface area contributed by atoms with E-state index in [1.165, 1.54) is 20.3 Å². The number of benzene rings is 1. The van der Waals surface area contributed by atoms with Crippen molar-refractivity contribution in [3.8, 4) is 11.5 Å². The first-order valence-electron chi connectivity index (χ1n) is 8.23. The zero-order valence-corrected chi connectivity index (χ0v) is 16.5. The summed E-state index contributed by atoms with van der Waals surface area (Å²) in [4.78, 5) is 27.1. The molecule has 30 heavy (non-hydrogen) atoms. The van der Waals surface area contributed by atoms with Crippen LogP contribution in [0.1, 0.15) is 11.1 Å². The molecule has 11 heteroatoms. The second-order valence-electron chi connectivity index (χ2n) is 5.65. The number of nitrogens with zero attached hydrogens (tertiary/aromatic N) is 1. The SMILES string of the molecule is COc1ccc(C=CC(=O)OCC(=O)Nc2ncc(C(F)(F)F)cc2Cl)c(OC)c1. The van der Waals surface area contributed by atoms with Gasteiger partial charge in [0.15, 0.2) is 12.4 Å². The van der Waals surface area contributed by atoms with Crippen LogP contribution in [0.15, 0.2) is 36.5 Å².